The number of hydrogen-bond donors (Lipinski definition) is 3. The Bertz CT molecular complexity index is 997. The van der Waals surface area contributed by atoms with E-state index in [4.69, 9.17) is 23.2 Å². The van der Waals surface area contributed by atoms with Gasteiger partial charge in [0.1, 0.15) is 0 Å². The number of benzene rings is 2. The molecule has 146 valence electrons. The van der Waals surface area contributed by atoms with Gasteiger partial charge in [-0.05, 0) is 29.8 Å². The van der Waals surface area contributed by atoms with Crippen LogP contribution in [0.15, 0.2) is 36.4 Å². The van der Waals surface area contributed by atoms with Crippen LogP contribution < -0.4 is 5.32 Å². The van der Waals surface area contributed by atoms with Crippen molar-refractivity contribution in [3.05, 3.63) is 63.4 Å². The summed E-state index contributed by atoms with van der Waals surface area (Å²) in [5.41, 5.74) is 0.115. The van der Waals surface area contributed by atoms with Gasteiger partial charge in [0.15, 0.2) is 11.6 Å². The van der Waals surface area contributed by atoms with Gasteiger partial charge in [0.25, 0.3) is 5.91 Å². The Morgan fingerprint density at radius 1 is 1.14 bits per heavy atom. The first-order chi connectivity index (χ1) is 13.1. The van der Waals surface area contributed by atoms with Gasteiger partial charge >= 0.3 is 6.18 Å². The van der Waals surface area contributed by atoms with E-state index in [9.17, 15) is 23.1 Å². The van der Waals surface area contributed by atoms with Crippen molar-refractivity contribution in [1.29, 1.82) is 0 Å². The smallest absolute Gasteiger partial charge is 0.416 e. The number of halogens is 5. The summed E-state index contributed by atoms with van der Waals surface area (Å²) >= 11 is 11.7. The molecule has 11 heteroatoms. The molecule has 1 aromatic heterocycles. The van der Waals surface area contributed by atoms with Crippen LogP contribution >= 0.6 is 23.2 Å². The fourth-order valence-corrected chi connectivity index (χ4v) is 2.75. The number of nitrogens with one attached hydrogen (secondary N) is 2. The number of aromatic amines is 1. The van der Waals surface area contributed by atoms with Gasteiger partial charge in [-0.25, -0.2) is 4.98 Å². The summed E-state index contributed by atoms with van der Waals surface area (Å²) in [6, 6.07) is 7.20. The van der Waals surface area contributed by atoms with Crippen molar-refractivity contribution in [3.8, 4) is 17.1 Å². The van der Waals surface area contributed by atoms with Crippen molar-refractivity contribution in [2.75, 3.05) is 0 Å². The lowest BCUT2D eigenvalue weighted by atomic mass is 10.1. The van der Waals surface area contributed by atoms with Crippen LogP contribution in [0, 0.1) is 0 Å². The minimum atomic E-state index is -4.42. The largest absolute Gasteiger partial charge is 0.505 e. The normalized spacial score (nSPS) is 11.5. The zero-order valence-corrected chi connectivity index (χ0v) is 15.3. The van der Waals surface area contributed by atoms with Gasteiger partial charge in [0.2, 0.25) is 5.82 Å². The van der Waals surface area contributed by atoms with Gasteiger partial charge in [-0.2, -0.15) is 13.2 Å². The maximum atomic E-state index is 12.5. The molecule has 3 aromatic rings. The second-order valence-corrected chi connectivity index (χ2v) is 6.49. The fourth-order valence-electron chi connectivity index (χ4n) is 2.27. The second kappa shape index (κ2) is 7.69. The van der Waals surface area contributed by atoms with Gasteiger partial charge < -0.3 is 10.4 Å². The lowest BCUT2D eigenvalue weighted by Crippen LogP contribution is -2.24. The van der Waals surface area contributed by atoms with Crippen LogP contribution in [0.25, 0.3) is 11.4 Å². The number of aromatic hydroxyl groups is 1. The first-order valence-electron chi connectivity index (χ1n) is 7.70. The van der Waals surface area contributed by atoms with Crippen molar-refractivity contribution < 1.29 is 23.1 Å². The highest BCUT2D eigenvalue weighted by atomic mass is 35.5. The number of rotatable bonds is 4. The summed E-state index contributed by atoms with van der Waals surface area (Å²) in [7, 11) is 0. The molecule has 1 heterocycles. The Labute approximate surface area is 166 Å². The van der Waals surface area contributed by atoms with E-state index >= 15 is 0 Å². The summed E-state index contributed by atoms with van der Waals surface area (Å²) in [5.74, 6) is -0.884. The average Bonchev–Trinajstić information content (AvgIpc) is 3.13. The Morgan fingerprint density at radius 3 is 2.32 bits per heavy atom. The van der Waals surface area contributed by atoms with E-state index in [1.807, 2.05) is 0 Å². The summed E-state index contributed by atoms with van der Waals surface area (Å²) < 4.78 is 37.6. The van der Waals surface area contributed by atoms with Crippen LogP contribution in [0.1, 0.15) is 21.7 Å². The topological polar surface area (TPSA) is 90.9 Å². The molecule has 3 rings (SSSR count). The average molecular weight is 431 g/mol. The van der Waals surface area contributed by atoms with E-state index in [1.165, 1.54) is 24.3 Å². The minimum absolute atomic E-state index is 0.00227. The molecular weight excluding hydrogens is 420 g/mol. The molecule has 0 unspecified atom stereocenters. The van der Waals surface area contributed by atoms with Gasteiger partial charge in [0, 0.05) is 12.1 Å². The Balaban J connectivity index is 1.68. The fraction of sp³-hybridized carbons (Fsp3) is 0.118. The number of aromatic nitrogens is 3. The second-order valence-electron chi connectivity index (χ2n) is 5.67. The quantitative estimate of drug-likeness (QED) is 0.570. The van der Waals surface area contributed by atoms with Crippen LogP contribution in [0.5, 0.6) is 5.75 Å². The molecule has 3 N–H and O–H groups in total. The molecule has 0 bridgehead atoms. The molecule has 0 fully saturated rings. The Morgan fingerprint density at radius 2 is 1.75 bits per heavy atom. The highest BCUT2D eigenvalue weighted by molar-refractivity contribution is 6.37. The maximum Gasteiger partial charge on any atom is 0.416 e. The third-order valence-electron chi connectivity index (χ3n) is 3.71. The number of alkyl halides is 3. The molecule has 0 radical (unpaired) electrons. The first kappa shape index (κ1) is 20.0. The van der Waals surface area contributed by atoms with E-state index < -0.39 is 17.6 Å². The van der Waals surface area contributed by atoms with Crippen molar-refractivity contribution in [3.63, 3.8) is 0 Å². The molecule has 6 nitrogen and oxygen atoms in total. The van der Waals surface area contributed by atoms with Gasteiger partial charge in [-0.3, -0.25) is 9.89 Å². The molecule has 0 aliphatic carbocycles. The first-order valence-corrected chi connectivity index (χ1v) is 8.46. The standard InChI is InChI=1S/C17H11Cl2F3N4O2/c18-11-5-9(6-12(19)13(11)27)14-24-15(26-25-14)16(28)23-7-8-1-3-10(4-2-8)17(20,21)22/h1-6,27H,7H2,(H,23,28)(H,24,25,26). The molecule has 0 aliphatic rings. The summed E-state index contributed by atoms with van der Waals surface area (Å²) in [4.78, 5) is 16.2. The van der Waals surface area contributed by atoms with Gasteiger partial charge in [0.05, 0.1) is 15.6 Å². The van der Waals surface area contributed by atoms with Crippen LogP contribution in [-0.4, -0.2) is 26.2 Å². The van der Waals surface area contributed by atoms with E-state index in [0.29, 0.717) is 11.1 Å². The number of carbonyl (C=O) groups excluding carboxylic acids is 1. The van der Waals surface area contributed by atoms with Crippen molar-refractivity contribution in [1.82, 2.24) is 20.5 Å². The van der Waals surface area contributed by atoms with Crippen molar-refractivity contribution in [2.45, 2.75) is 12.7 Å². The predicted molar refractivity (Wildman–Crippen MR) is 96.1 cm³/mol. The monoisotopic (exact) mass is 430 g/mol. The van der Waals surface area contributed by atoms with Crippen molar-refractivity contribution in [2.24, 2.45) is 0 Å². The summed E-state index contributed by atoms with van der Waals surface area (Å²) in [5, 5.41) is 18.4. The number of carbonyl (C=O) groups is 1. The van der Waals surface area contributed by atoms with Gasteiger partial charge in [-0.15, -0.1) is 5.10 Å². The van der Waals surface area contributed by atoms with E-state index in [0.717, 1.165) is 12.1 Å². The molecule has 0 aliphatic heterocycles. The maximum absolute atomic E-state index is 12.5. The lowest BCUT2D eigenvalue weighted by Gasteiger charge is -2.08. The van der Waals surface area contributed by atoms with E-state index in [-0.39, 0.29) is 34.0 Å². The minimum Gasteiger partial charge on any atom is -0.505 e. The molecule has 28 heavy (non-hydrogen) atoms. The third kappa shape index (κ3) is 4.37. The van der Waals surface area contributed by atoms with Crippen molar-refractivity contribution >= 4 is 29.1 Å². The number of phenols is 1. The molecule has 0 saturated carbocycles. The molecule has 0 saturated heterocycles. The third-order valence-corrected chi connectivity index (χ3v) is 4.29. The molecule has 0 spiro atoms. The van der Waals surface area contributed by atoms with Crippen LogP contribution in [-0.2, 0) is 12.7 Å². The number of hydrogen-bond acceptors (Lipinski definition) is 4. The SMILES string of the molecule is O=C(NCc1ccc(C(F)(F)F)cc1)c1n[nH]c(-c2cc(Cl)c(O)c(Cl)c2)n1. The van der Waals surface area contributed by atoms with Crippen LogP contribution in [0.3, 0.4) is 0 Å². The Hall–Kier alpha value is -2.78. The molecule has 1 amide bonds. The number of amides is 1. The van der Waals surface area contributed by atoms with Gasteiger partial charge in [-0.1, -0.05) is 35.3 Å². The molecule has 2 aromatic carbocycles. The van der Waals surface area contributed by atoms with E-state index in [1.54, 1.807) is 0 Å². The Kier molecular flexibility index (Phi) is 5.48. The summed E-state index contributed by atoms with van der Waals surface area (Å²) in [6.07, 6.45) is -4.42. The predicted octanol–water partition coefficient (Wildman–Crippen LogP) is 4.43. The highest BCUT2D eigenvalue weighted by Gasteiger charge is 2.29. The zero-order chi connectivity index (χ0) is 20.5. The number of phenolic OH excluding ortho intramolecular Hbond substituents is 1. The number of nitrogens with zero attached hydrogens (tertiary/aromatic N) is 2. The summed E-state index contributed by atoms with van der Waals surface area (Å²) in [6.45, 7) is -0.00227. The van der Waals surface area contributed by atoms with E-state index in [2.05, 4.69) is 20.5 Å². The zero-order valence-electron chi connectivity index (χ0n) is 13.8. The van der Waals surface area contributed by atoms with Crippen LogP contribution in [0.4, 0.5) is 13.2 Å². The molecule has 0 atom stereocenters. The number of H-pyrrole nitrogens is 1. The highest BCUT2D eigenvalue weighted by Crippen LogP contribution is 2.35. The van der Waals surface area contributed by atoms with Crippen LogP contribution in [0.2, 0.25) is 10.0 Å². The molecular formula is C17H11Cl2F3N4O2. The lowest BCUT2D eigenvalue weighted by molar-refractivity contribution is -0.137.